The molecule has 0 aromatic heterocycles. The van der Waals surface area contributed by atoms with Crippen LogP contribution in [0.3, 0.4) is 0 Å². The van der Waals surface area contributed by atoms with Crippen LogP contribution in [-0.4, -0.2) is 30.5 Å². The average Bonchev–Trinajstić information content (AvgIpc) is 2.62. The van der Waals surface area contributed by atoms with Crippen molar-refractivity contribution in [2.45, 2.75) is 57.0 Å². The van der Waals surface area contributed by atoms with Gasteiger partial charge in [0, 0.05) is 37.4 Å². The second kappa shape index (κ2) is 4.88. The highest BCUT2D eigenvalue weighted by molar-refractivity contribution is 5.79. The zero-order valence-corrected chi connectivity index (χ0v) is 10.1. The van der Waals surface area contributed by atoms with Gasteiger partial charge in [0.15, 0.2) is 0 Å². The van der Waals surface area contributed by atoms with E-state index in [9.17, 15) is 13.6 Å². The first-order chi connectivity index (χ1) is 7.96. The lowest BCUT2D eigenvalue weighted by Crippen LogP contribution is -2.49. The third-order valence-corrected chi connectivity index (χ3v) is 3.78. The minimum absolute atomic E-state index is 0.105. The number of carbonyl (C=O) groups excluding carboxylic acids is 1. The molecule has 2 rings (SSSR count). The van der Waals surface area contributed by atoms with Gasteiger partial charge in [-0.3, -0.25) is 4.79 Å². The Morgan fingerprint density at radius 2 is 2.12 bits per heavy atom. The van der Waals surface area contributed by atoms with Crippen molar-refractivity contribution in [2.24, 2.45) is 5.92 Å². The van der Waals surface area contributed by atoms with Crippen molar-refractivity contribution in [3.05, 3.63) is 0 Å². The number of halogens is 2. The molecule has 1 aliphatic heterocycles. The zero-order valence-electron chi connectivity index (χ0n) is 10.1. The quantitative estimate of drug-likeness (QED) is 0.778. The lowest BCUT2D eigenvalue weighted by molar-refractivity contribution is -0.126. The number of hydrogen-bond acceptors (Lipinski definition) is 2. The lowest BCUT2D eigenvalue weighted by Gasteiger charge is -2.29. The van der Waals surface area contributed by atoms with Crippen LogP contribution >= 0.6 is 0 Å². The highest BCUT2D eigenvalue weighted by Gasteiger charge is 2.42. The van der Waals surface area contributed by atoms with E-state index in [0.29, 0.717) is 12.5 Å². The maximum atomic E-state index is 13.0. The molecule has 2 N–H and O–H groups in total. The molecule has 3 nitrogen and oxygen atoms in total. The highest BCUT2D eigenvalue weighted by atomic mass is 19.3. The van der Waals surface area contributed by atoms with Gasteiger partial charge in [-0.1, -0.05) is 0 Å². The molecule has 1 saturated carbocycles. The first-order valence-corrected chi connectivity index (χ1v) is 6.38. The van der Waals surface area contributed by atoms with E-state index < -0.39 is 11.8 Å². The summed E-state index contributed by atoms with van der Waals surface area (Å²) < 4.78 is 26.0. The predicted octanol–water partition coefficient (Wildman–Crippen LogP) is 1.68. The normalized spacial score (nSPS) is 36.8. The molecular weight excluding hydrogens is 226 g/mol. The fourth-order valence-corrected chi connectivity index (χ4v) is 2.61. The van der Waals surface area contributed by atoms with Crippen LogP contribution in [0.15, 0.2) is 0 Å². The Kier molecular flexibility index (Phi) is 3.66. The number of rotatable bonds is 2. The minimum Gasteiger partial charge on any atom is -0.352 e. The first kappa shape index (κ1) is 12.7. The van der Waals surface area contributed by atoms with Gasteiger partial charge in [-0.2, -0.15) is 0 Å². The van der Waals surface area contributed by atoms with Gasteiger partial charge in [0.2, 0.25) is 11.8 Å². The Labute approximate surface area is 100 Å². The summed E-state index contributed by atoms with van der Waals surface area (Å²) in [5.74, 6) is -3.32. The SMILES string of the molecule is CC1CCC(NC(=O)C2CCC(F)(F)C2)CN1. The van der Waals surface area contributed by atoms with E-state index in [1.807, 2.05) is 0 Å². The Bertz CT molecular complexity index is 288. The van der Waals surface area contributed by atoms with Crippen molar-refractivity contribution >= 4 is 5.91 Å². The second-order valence-electron chi connectivity index (χ2n) is 5.39. The molecule has 0 spiro atoms. The summed E-state index contributed by atoms with van der Waals surface area (Å²) in [7, 11) is 0. The molecule has 17 heavy (non-hydrogen) atoms. The Hall–Kier alpha value is -0.710. The molecule has 0 radical (unpaired) electrons. The Morgan fingerprint density at radius 3 is 2.65 bits per heavy atom. The largest absolute Gasteiger partial charge is 0.352 e. The van der Waals surface area contributed by atoms with Gasteiger partial charge < -0.3 is 10.6 Å². The number of carbonyl (C=O) groups is 1. The van der Waals surface area contributed by atoms with Gasteiger partial charge in [0.05, 0.1) is 0 Å². The van der Waals surface area contributed by atoms with Crippen LogP contribution in [0.2, 0.25) is 0 Å². The summed E-state index contributed by atoms with van der Waals surface area (Å²) in [4.78, 5) is 11.8. The molecule has 98 valence electrons. The summed E-state index contributed by atoms with van der Waals surface area (Å²) >= 11 is 0. The summed E-state index contributed by atoms with van der Waals surface area (Å²) in [6, 6.07) is 0.590. The van der Waals surface area contributed by atoms with E-state index in [4.69, 9.17) is 0 Å². The molecule has 3 atom stereocenters. The molecular formula is C12H20F2N2O. The van der Waals surface area contributed by atoms with Crippen LogP contribution in [-0.2, 0) is 4.79 Å². The molecule has 0 aromatic rings. The molecule has 1 amide bonds. The van der Waals surface area contributed by atoms with E-state index in [1.54, 1.807) is 0 Å². The third kappa shape index (κ3) is 3.37. The molecule has 1 aliphatic carbocycles. The molecule has 0 bridgehead atoms. The van der Waals surface area contributed by atoms with Crippen LogP contribution in [0.25, 0.3) is 0 Å². The van der Waals surface area contributed by atoms with Crippen molar-refractivity contribution < 1.29 is 13.6 Å². The van der Waals surface area contributed by atoms with Gasteiger partial charge in [-0.15, -0.1) is 0 Å². The average molecular weight is 246 g/mol. The number of hydrogen-bond donors (Lipinski definition) is 2. The second-order valence-corrected chi connectivity index (χ2v) is 5.39. The van der Waals surface area contributed by atoms with E-state index in [1.165, 1.54) is 0 Å². The summed E-state index contributed by atoms with van der Waals surface area (Å²) in [6.45, 7) is 2.85. The van der Waals surface area contributed by atoms with Gasteiger partial charge in [-0.05, 0) is 26.2 Å². The topological polar surface area (TPSA) is 41.1 Å². The predicted molar refractivity (Wildman–Crippen MR) is 60.9 cm³/mol. The van der Waals surface area contributed by atoms with Crippen LogP contribution in [0.5, 0.6) is 0 Å². The van der Waals surface area contributed by atoms with Crippen LogP contribution in [0.1, 0.15) is 39.0 Å². The van der Waals surface area contributed by atoms with Gasteiger partial charge in [-0.25, -0.2) is 8.78 Å². The van der Waals surface area contributed by atoms with Crippen LogP contribution < -0.4 is 10.6 Å². The fourth-order valence-electron chi connectivity index (χ4n) is 2.61. The molecule has 5 heteroatoms. The monoisotopic (exact) mass is 246 g/mol. The minimum atomic E-state index is -2.64. The van der Waals surface area contributed by atoms with Crippen molar-refractivity contribution in [2.75, 3.05) is 6.54 Å². The molecule has 1 saturated heterocycles. The maximum Gasteiger partial charge on any atom is 0.248 e. The van der Waals surface area contributed by atoms with E-state index in [0.717, 1.165) is 19.4 Å². The van der Waals surface area contributed by atoms with Crippen LogP contribution in [0.4, 0.5) is 8.78 Å². The summed E-state index contributed by atoms with van der Waals surface area (Å²) in [5.41, 5.74) is 0. The summed E-state index contributed by atoms with van der Waals surface area (Å²) in [6.07, 6.45) is 1.84. The van der Waals surface area contributed by atoms with Crippen molar-refractivity contribution in [1.82, 2.24) is 10.6 Å². The van der Waals surface area contributed by atoms with E-state index in [2.05, 4.69) is 17.6 Å². The lowest BCUT2D eigenvalue weighted by atomic mass is 10.0. The van der Waals surface area contributed by atoms with Gasteiger partial charge in [0.1, 0.15) is 0 Å². The maximum absolute atomic E-state index is 13.0. The van der Waals surface area contributed by atoms with E-state index >= 15 is 0 Å². The zero-order chi connectivity index (χ0) is 12.5. The summed E-state index contributed by atoms with van der Waals surface area (Å²) in [5, 5.41) is 6.17. The Morgan fingerprint density at radius 1 is 1.35 bits per heavy atom. The van der Waals surface area contributed by atoms with Gasteiger partial charge in [0.25, 0.3) is 0 Å². The number of nitrogens with one attached hydrogen (secondary N) is 2. The first-order valence-electron chi connectivity index (χ1n) is 6.38. The Balaban J connectivity index is 1.78. The number of alkyl halides is 2. The molecule has 2 fully saturated rings. The highest BCUT2D eigenvalue weighted by Crippen LogP contribution is 2.38. The third-order valence-electron chi connectivity index (χ3n) is 3.78. The molecule has 2 aliphatic rings. The van der Waals surface area contributed by atoms with E-state index in [-0.39, 0.29) is 24.8 Å². The molecule has 0 aromatic carbocycles. The van der Waals surface area contributed by atoms with Gasteiger partial charge >= 0.3 is 0 Å². The van der Waals surface area contributed by atoms with Crippen molar-refractivity contribution in [1.29, 1.82) is 0 Å². The molecule has 1 heterocycles. The number of amides is 1. The van der Waals surface area contributed by atoms with Crippen molar-refractivity contribution in [3.63, 3.8) is 0 Å². The fraction of sp³-hybridized carbons (Fsp3) is 0.917. The number of piperidine rings is 1. The smallest absolute Gasteiger partial charge is 0.248 e. The van der Waals surface area contributed by atoms with Crippen LogP contribution in [0, 0.1) is 5.92 Å². The standard InChI is InChI=1S/C12H20F2N2O/c1-8-2-3-10(7-15-8)16-11(17)9-4-5-12(13,14)6-9/h8-10,15H,2-7H2,1H3,(H,16,17). The molecule has 3 unspecified atom stereocenters. The van der Waals surface area contributed by atoms with Crippen molar-refractivity contribution in [3.8, 4) is 0 Å².